The van der Waals surface area contributed by atoms with Crippen LogP contribution in [0.1, 0.15) is 27.5 Å². The van der Waals surface area contributed by atoms with Crippen LogP contribution in [0.15, 0.2) is 42.5 Å². The van der Waals surface area contributed by atoms with E-state index >= 15 is 0 Å². The second-order valence-electron chi connectivity index (χ2n) is 6.38. The Labute approximate surface area is 157 Å². The van der Waals surface area contributed by atoms with E-state index in [2.05, 4.69) is 34.5 Å². The summed E-state index contributed by atoms with van der Waals surface area (Å²) in [6.45, 7) is 5.30. The van der Waals surface area contributed by atoms with Crippen molar-refractivity contribution >= 4 is 17.5 Å². The van der Waals surface area contributed by atoms with Crippen LogP contribution in [0.4, 0.5) is 4.39 Å². The zero-order valence-corrected chi connectivity index (χ0v) is 15.4. The Morgan fingerprint density at radius 2 is 1.92 bits per heavy atom. The van der Waals surface area contributed by atoms with Crippen molar-refractivity contribution in [2.24, 2.45) is 0 Å². The highest BCUT2D eigenvalue weighted by molar-refractivity contribution is 6.33. The first kappa shape index (κ1) is 18.8. The lowest BCUT2D eigenvalue weighted by atomic mass is 10.0. The molecule has 26 heavy (non-hydrogen) atoms. The molecule has 1 N–H and O–H groups in total. The van der Waals surface area contributed by atoms with Gasteiger partial charge in [0.25, 0.3) is 5.91 Å². The van der Waals surface area contributed by atoms with E-state index in [1.54, 1.807) is 0 Å². The topological polar surface area (TPSA) is 41.6 Å². The fourth-order valence-electron chi connectivity index (χ4n) is 3.13. The number of carbonyl (C=O) groups excluding carboxylic acids is 1. The minimum atomic E-state index is -0.617. The lowest BCUT2D eigenvalue weighted by Crippen LogP contribution is -2.44. The number of halogens is 2. The number of carbonyl (C=O) groups is 1. The standard InChI is InChI=1S/C20H22ClFN2O2/c1-14-5-7-15(8-6-14)18(24-9-11-26-12-10-24)13-23-20(25)19-16(21)3-2-4-17(19)22/h2-8,18H,9-13H2,1H3,(H,23,25)/t18-/m1/s1. The highest BCUT2D eigenvalue weighted by Crippen LogP contribution is 2.23. The third-order valence-electron chi connectivity index (χ3n) is 4.59. The Balaban J connectivity index is 1.77. The quantitative estimate of drug-likeness (QED) is 0.867. The molecule has 1 heterocycles. The summed E-state index contributed by atoms with van der Waals surface area (Å²) < 4.78 is 19.4. The van der Waals surface area contributed by atoms with Crippen molar-refractivity contribution in [2.45, 2.75) is 13.0 Å². The molecule has 1 saturated heterocycles. The highest BCUT2D eigenvalue weighted by Gasteiger charge is 2.24. The van der Waals surface area contributed by atoms with E-state index in [-0.39, 0.29) is 16.6 Å². The van der Waals surface area contributed by atoms with Gasteiger partial charge in [-0.1, -0.05) is 47.5 Å². The Bertz CT molecular complexity index is 741. The van der Waals surface area contributed by atoms with Crippen LogP contribution in [0.25, 0.3) is 0 Å². The van der Waals surface area contributed by atoms with Crippen molar-refractivity contribution in [2.75, 3.05) is 32.8 Å². The Morgan fingerprint density at radius 3 is 2.58 bits per heavy atom. The third kappa shape index (κ3) is 4.41. The molecule has 4 nitrogen and oxygen atoms in total. The maximum atomic E-state index is 14.0. The Kier molecular flexibility index (Phi) is 6.25. The third-order valence-corrected chi connectivity index (χ3v) is 4.91. The summed E-state index contributed by atoms with van der Waals surface area (Å²) in [6, 6.07) is 12.5. The first-order valence-electron chi connectivity index (χ1n) is 8.67. The molecule has 6 heteroatoms. The first-order chi connectivity index (χ1) is 12.6. The van der Waals surface area contributed by atoms with Gasteiger partial charge in [0.05, 0.1) is 29.8 Å². The van der Waals surface area contributed by atoms with Crippen LogP contribution in [-0.4, -0.2) is 43.7 Å². The maximum absolute atomic E-state index is 14.0. The van der Waals surface area contributed by atoms with Crippen LogP contribution in [0.3, 0.4) is 0 Å². The number of hydrogen-bond donors (Lipinski definition) is 1. The molecule has 1 fully saturated rings. The number of ether oxygens (including phenoxy) is 1. The van der Waals surface area contributed by atoms with Gasteiger partial charge in [-0.25, -0.2) is 4.39 Å². The molecule has 1 atom stereocenters. The van der Waals surface area contributed by atoms with Gasteiger partial charge in [0.2, 0.25) is 0 Å². The van der Waals surface area contributed by atoms with Gasteiger partial charge in [-0.05, 0) is 24.6 Å². The fourth-order valence-corrected chi connectivity index (χ4v) is 3.38. The summed E-state index contributed by atoms with van der Waals surface area (Å²) in [4.78, 5) is 14.8. The predicted molar refractivity (Wildman–Crippen MR) is 100 cm³/mol. The number of nitrogens with one attached hydrogen (secondary N) is 1. The average molecular weight is 377 g/mol. The molecular weight excluding hydrogens is 355 g/mol. The summed E-state index contributed by atoms with van der Waals surface area (Å²) in [5.74, 6) is -1.12. The first-order valence-corrected chi connectivity index (χ1v) is 9.04. The molecule has 0 aliphatic carbocycles. The van der Waals surface area contributed by atoms with Crippen molar-refractivity contribution in [3.8, 4) is 0 Å². The smallest absolute Gasteiger partial charge is 0.255 e. The van der Waals surface area contributed by atoms with Gasteiger partial charge in [0, 0.05) is 19.6 Å². The average Bonchev–Trinajstić information content (AvgIpc) is 2.64. The summed E-state index contributed by atoms with van der Waals surface area (Å²) in [5, 5.41) is 2.96. The molecule has 1 aliphatic heterocycles. The van der Waals surface area contributed by atoms with Gasteiger partial charge in [0.15, 0.2) is 0 Å². The lowest BCUT2D eigenvalue weighted by molar-refractivity contribution is 0.0162. The van der Waals surface area contributed by atoms with Crippen LogP contribution in [0.2, 0.25) is 5.02 Å². The van der Waals surface area contributed by atoms with Gasteiger partial charge < -0.3 is 10.1 Å². The Hall–Kier alpha value is -1.95. The van der Waals surface area contributed by atoms with E-state index in [1.165, 1.54) is 23.8 Å². The van der Waals surface area contributed by atoms with Gasteiger partial charge in [0.1, 0.15) is 5.82 Å². The van der Waals surface area contributed by atoms with E-state index in [0.29, 0.717) is 19.8 Å². The van der Waals surface area contributed by atoms with Gasteiger partial charge in [-0.15, -0.1) is 0 Å². The number of hydrogen-bond acceptors (Lipinski definition) is 3. The summed E-state index contributed by atoms with van der Waals surface area (Å²) in [7, 11) is 0. The number of rotatable bonds is 5. The van der Waals surface area contributed by atoms with Crippen LogP contribution < -0.4 is 5.32 Å². The minimum Gasteiger partial charge on any atom is -0.379 e. The molecule has 0 bridgehead atoms. The molecule has 0 radical (unpaired) electrons. The van der Waals surface area contributed by atoms with Crippen LogP contribution >= 0.6 is 11.6 Å². The lowest BCUT2D eigenvalue weighted by Gasteiger charge is -2.35. The summed E-state index contributed by atoms with van der Waals surface area (Å²) in [6.07, 6.45) is 0. The van der Waals surface area contributed by atoms with E-state index in [1.807, 2.05) is 6.92 Å². The van der Waals surface area contributed by atoms with Crippen molar-refractivity contribution in [3.05, 3.63) is 70.0 Å². The highest BCUT2D eigenvalue weighted by atomic mass is 35.5. The van der Waals surface area contributed by atoms with Crippen LogP contribution in [-0.2, 0) is 4.74 Å². The number of amides is 1. The molecule has 1 amide bonds. The summed E-state index contributed by atoms with van der Waals surface area (Å²) in [5.41, 5.74) is 2.17. The molecule has 1 aliphatic rings. The molecule has 0 spiro atoms. The zero-order chi connectivity index (χ0) is 18.5. The van der Waals surface area contributed by atoms with E-state index in [9.17, 15) is 9.18 Å². The van der Waals surface area contributed by atoms with Crippen molar-refractivity contribution in [1.82, 2.24) is 10.2 Å². The largest absolute Gasteiger partial charge is 0.379 e. The zero-order valence-electron chi connectivity index (χ0n) is 14.7. The van der Waals surface area contributed by atoms with Crippen LogP contribution in [0, 0.1) is 12.7 Å². The fraction of sp³-hybridized carbons (Fsp3) is 0.350. The number of aryl methyl sites for hydroxylation is 1. The molecule has 0 aromatic heterocycles. The molecule has 0 saturated carbocycles. The maximum Gasteiger partial charge on any atom is 0.255 e. The number of benzene rings is 2. The SMILES string of the molecule is Cc1ccc([C@@H](CNC(=O)c2c(F)cccc2Cl)N2CCOCC2)cc1. The van der Waals surface area contributed by atoms with E-state index in [4.69, 9.17) is 16.3 Å². The number of nitrogens with zero attached hydrogens (tertiary/aromatic N) is 1. The van der Waals surface area contributed by atoms with Crippen molar-refractivity contribution in [3.63, 3.8) is 0 Å². The molecule has 3 rings (SSSR count). The summed E-state index contributed by atoms with van der Waals surface area (Å²) >= 11 is 6.00. The molecular formula is C20H22ClFN2O2. The molecule has 2 aromatic rings. The normalized spacial score (nSPS) is 16.3. The van der Waals surface area contributed by atoms with Gasteiger partial charge >= 0.3 is 0 Å². The molecule has 0 unspecified atom stereocenters. The molecule has 138 valence electrons. The second-order valence-corrected chi connectivity index (χ2v) is 6.79. The Morgan fingerprint density at radius 1 is 1.23 bits per heavy atom. The second kappa shape index (κ2) is 8.62. The van der Waals surface area contributed by atoms with Crippen molar-refractivity contribution in [1.29, 1.82) is 0 Å². The van der Waals surface area contributed by atoms with Gasteiger partial charge in [-0.3, -0.25) is 9.69 Å². The molecule has 2 aromatic carbocycles. The number of morpholine rings is 1. The predicted octanol–water partition coefficient (Wildman–Crippen LogP) is 3.59. The monoisotopic (exact) mass is 376 g/mol. The van der Waals surface area contributed by atoms with Crippen LogP contribution in [0.5, 0.6) is 0 Å². The van der Waals surface area contributed by atoms with E-state index < -0.39 is 11.7 Å². The van der Waals surface area contributed by atoms with Crippen molar-refractivity contribution < 1.29 is 13.9 Å². The van der Waals surface area contributed by atoms with E-state index in [0.717, 1.165) is 18.7 Å². The minimum absolute atomic E-state index is 0.00556. The van der Waals surface area contributed by atoms with Gasteiger partial charge in [-0.2, -0.15) is 0 Å².